The summed E-state index contributed by atoms with van der Waals surface area (Å²) in [7, 11) is 3.49. The summed E-state index contributed by atoms with van der Waals surface area (Å²) in [4.78, 5) is 16.6. The highest BCUT2D eigenvalue weighted by molar-refractivity contribution is 6.31. The Labute approximate surface area is 138 Å². The number of aryl methyl sites for hydroxylation is 1. The zero-order valence-corrected chi connectivity index (χ0v) is 13.6. The van der Waals surface area contributed by atoms with Gasteiger partial charge in [-0.05, 0) is 35.9 Å². The Hall–Kier alpha value is -2.53. The fourth-order valence-corrected chi connectivity index (χ4v) is 2.62. The molecule has 0 atom stereocenters. The normalized spacial score (nSPS) is 10.7. The van der Waals surface area contributed by atoms with Gasteiger partial charge in [0.2, 0.25) is 5.91 Å². The molecule has 118 valence electrons. The first-order valence-corrected chi connectivity index (χ1v) is 7.48. The minimum Gasteiger partial charge on any atom is -0.495 e. The number of halogens is 1. The van der Waals surface area contributed by atoms with E-state index in [0.717, 1.165) is 16.6 Å². The highest BCUT2D eigenvalue weighted by Gasteiger charge is 2.10. The number of carbonyl (C=O) groups is 1. The molecule has 23 heavy (non-hydrogen) atoms. The van der Waals surface area contributed by atoms with Crippen LogP contribution in [-0.2, 0) is 18.3 Å². The molecule has 1 heterocycles. The molecule has 0 aliphatic rings. The molecule has 2 aromatic carbocycles. The van der Waals surface area contributed by atoms with Crippen LogP contribution in [0.5, 0.6) is 5.75 Å². The van der Waals surface area contributed by atoms with Crippen molar-refractivity contribution in [1.82, 2.24) is 9.55 Å². The van der Waals surface area contributed by atoms with Crippen molar-refractivity contribution in [1.29, 1.82) is 0 Å². The van der Waals surface area contributed by atoms with E-state index in [1.54, 1.807) is 31.6 Å². The Balaban J connectivity index is 1.77. The third-order valence-corrected chi connectivity index (χ3v) is 3.83. The molecule has 0 unspecified atom stereocenters. The van der Waals surface area contributed by atoms with Crippen LogP contribution >= 0.6 is 11.6 Å². The molecule has 3 aromatic rings. The zero-order chi connectivity index (χ0) is 16.4. The molecule has 0 spiro atoms. The highest BCUT2D eigenvalue weighted by Crippen LogP contribution is 2.27. The maximum absolute atomic E-state index is 12.3. The number of rotatable bonds is 4. The van der Waals surface area contributed by atoms with Crippen molar-refractivity contribution >= 4 is 34.2 Å². The van der Waals surface area contributed by atoms with Crippen LogP contribution in [0.25, 0.3) is 11.0 Å². The second-order valence-electron chi connectivity index (χ2n) is 5.25. The number of carbonyl (C=O) groups excluding carboxylic acids is 1. The first kappa shape index (κ1) is 15.4. The van der Waals surface area contributed by atoms with Gasteiger partial charge < -0.3 is 14.6 Å². The molecule has 1 aromatic heterocycles. The summed E-state index contributed by atoms with van der Waals surface area (Å²) >= 11 is 5.97. The van der Waals surface area contributed by atoms with Crippen LogP contribution < -0.4 is 10.1 Å². The average Bonchev–Trinajstić information content (AvgIpc) is 2.88. The summed E-state index contributed by atoms with van der Waals surface area (Å²) in [6.07, 6.45) is 2.01. The van der Waals surface area contributed by atoms with Crippen LogP contribution in [0.3, 0.4) is 0 Å². The lowest BCUT2D eigenvalue weighted by Gasteiger charge is -2.10. The maximum atomic E-state index is 12.3. The van der Waals surface area contributed by atoms with Gasteiger partial charge in [-0.1, -0.05) is 17.7 Å². The first-order valence-electron chi connectivity index (χ1n) is 7.10. The number of hydrogen-bond acceptors (Lipinski definition) is 3. The summed E-state index contributed by atoms with van der Waals surface area (Å²) in [5.74, 6) is 0.434. The van der Waals surface area contributed by atoms with E-state index >= 15 is 0 Å². The zero-order valence-electron chi connectivity index (χ0n) is 12.8. The SMILES string of the molecule is COc1ccc(Cl)cc1NC(=O)Cc1ccc2c(c1)ncn2C. The van der Waals surface area contributed by atoms with Gasteiger partial charge in [-0.25, -0.2) is 4.98 Å². The molecule has 0 saturated carbocycles. The number of methoxy groups -OCH3 is 1. The van der Waals surface area contributed by atoms with Gasteiger partial charge in [0.25, 0.3) is 0 Å². The van der Waals surface area contributed by atoms with Gasteiger partial charge in [0.15, 0.2) is 0 Å². The minimum atomic E-state index is -0.138. The molecule has 0 fully saturated rings. The van der Waals surface area contributed by atoms with Crippen molar-refractivity contribution in [2.45, 2.75) is 6.42 Å². The second-order valence-corrected chi connectivity index (χ2v) is 5.68. The highest BCUT2D eigenvalue weighted by atomic mass is 35.5. The van der Waals surface area contributed by atoms with E-state index in [4.69, 9.17) is 16.3 Å². The number of benzene rings is 2. The summed E-state index contributed by atoms with van der Waals surface area (Å²) in [5.41, 5.74) is 3.36. The van der Waals surface area contributed by atoms with Gasteiger partial charge in [-0.3, -0.25) is 4.79 Å². The third kappa shape index (κ3) is 3.29. The molecular weight excluding hydrogens is 314 g/mol. The topological polar surface area (TPSA) is 56.1 Å². The molecule has 0 saturated heterocycles. The molecule has 0 bridgehead atoms. The van der Waals surface area contributed by atoms with Crippen LogP contribution in [0.2, 0.25) is 5.02 Å². The van der Waals surface area contributed by atoms with Crippen LogP contribution in [-0.4, -0.2) is 22.6 Å². The van der Waals surface area contributed by atoms with Crippen LogP contribution in [0.15, 0.2) is 42.7 Å². The van der Waals surface area contributed by atoms with Crippen molar-refractivity contribution in [3.63, 3.8) is 0 Å². The summed E-state index contributed by atoms with van der Waals surface area (Å²) in [6.45, 7) is 0. The smallest absolute Gasteiger partial charge is 0.228 e. The van der Waals surface area contributed by atoms with E-state index in [0.29, 0.717) is 16.5 Å². The number of nitrogens with zero attached hydrogens (tertiary/aromatic N) is 2. The molecule has 0 radical (unpaired) electrons. The fraction of sp³-hybridized carbons (Fsp3) is 0.176. The Morgan fingerprint density at radius 3 is 2.91 bits per heavy atom. The number of amides is 1. The van der Waals surface area contributed by atoms with Crippen molar-refractivity contribution < 1.29 is 9.53 Å². The molecule has 1 N–H and O–H groups in total. The molecule has 3 rings (SSSR count). The molecule has 5 nitrogen and oxygen atoms in total. The van der Waals surface area contributed by atoms with E-state index in [1.807, 2.05) is 29.8 Å². The van der Waals surface area contributed by atoms with Gasteiger partial charge in [0.1, 0.15) is 5.75 Å². The Morgan fingerprint density at radius 2 is 2.13 bits per heavy atom. The first-order chi connectivity index (χ1) is 11.1. The van der Waals surface area contributed by atoms with E-state index < -0.39 is 0 Å². The lowest BCUT2D eigenvalue weighted by molar-refractivity contribution is -0.115. The van der Waals surface area contributed by atoms with Gasteiger partial charge in [-0.2, -0.15) is 0 Å². The van der Waals surface area contributed by atoms with Crippen molar-refractivity contribution in [3.8, 4) is 5.75 Å². The molecule has 1 amide bonds. The summed E-state index contributed by atoms with van der Waals surface area (Å²) in [6, 6.07) is 10.9. The molecular formula is C17H16ClN3O2. The summed E-state index contributed by atoms with van der Waals surface area (Å²) < 4.78 is 7.17. The van der Waals surface area contributed by atoms with E-state index in [1.165, 1.54) is 0 Å². The van der Waals surface area contributed by atoms with Gasteiger partial charge in [0.05, 0.1) is 36.6 Å². The van der Waals surface area contributed by atoms with Crippen LogP contribution in [0, 0.1) is 0 Å². The minimum absolute atomic E-state index is 0.138. The van der Waals surface area contributed by atoms with Gasteiger partial charge in [0, 0.05) is 12.1 Å². The summed E-state index contributed by atoms with van der Waals surface area (Å²) in [5, 5.41) is 3.37. The number of hydrogen-bond donors (Lipinski definition) is 1. The number of fused-ring (bicyclic) bond motifs is 1. The number of imidazole rings is 1. The predicted molar refractivity (Wildman–Crippen MR) is 91.1 cm³/mol. The Kier molecular flexibility index (Phi) is 4.21. The van der Waals surface area contributed by atoms with Crippen molar-refractivity contribution in [2.75, 3.05) is 12.4 Å². The molecule has 0 aliphatic carbocycles. The number of ether oxygens (including phenoxy) is 1. The standard InChI is InChI=1S/C17H16ClN3O2/c1-21-10-19-13-7-11(3-5-15(13)21)8-17(22)20-14-9-12(18)4-6-16(14)23-2/h3-7,9-10H,8H2,1-2H3,(H,20,22). The largest absolute Gasteiger partial charge is 0.495 e. The number of anilines is 1. The molecule has 0 aliphatic heterocycles. The molecule has 6 heteroatoms. The number of nitrogens with one attached hydrogen (secondary N) is 1. The fourth-order valence-electron chi connectivity index (χ4n) is 2.45. The lowest BCUT2D eigenvalue weighted by atomic mass is 10.1. The monoisotopic (exact) mass is 329 g/mol. The van der Waals surface area contributed by atoms with Crippen molar-refractivity contribution in [3.05, 3.63) is 53.3 Å². The Bertz CT molecular complexity index is 873. The number of aromatic nitrogens is 2. The lowest BCUT2D eigenvalue weighted by Crippen LogP contribution is -2.15. The van der Waals surface area contributed by atoms with Crippen molar-refractivity contribution in [2.24, 2.45) is 7.05 Å². The van der Waals surface area contributed by atoms with E-state index in [9.17, 15) is 4.79 Å². The van der Waals surface area contributed by atoms with Gasteiger partial charge in [-0.15, -0.1) is 0 Å². The van der Waals surface area contributed by atoms with E-state index in [2.05, 4.69) is 10.3 Å². The van der Waals surface area contributed by atoms with Crippen LogP contribution in [0.4, 0.5) is 5.69 Å². The van der Waals surface area contributed by atoms with Gasteiger partial charge >= 0.3 is 0 Å². The maximum Gasteiger partial charge on any atom is 0.228 e. The van der Waals surface area contributed by atoms with E-state index in [-0.39, 0.29) is 12.3 Å². The quantitative estimate of drug-likeness (QED) is 0.798. The van der Waals surface area contributed by atoms with Crippen LogP contribution in [0.1, 0.15) is 5.56 Å². The predicted octanol–water partition coefficient (Wildman–Crippen LogP) is 3.42. The average molecular weight is 330 g/mol. The Morgan fingerprint density at radius 1 is 1.30 bits per heavy atom. The third-order valence-electron chi connectivity index (χ3n) is 3.59. The second kappa shape index (κ2) is 6.30.